The molecule has 0 aromatic heterocycles. The Balaban J connectivity index is 1.73. The van der Waals surface area contributed by atoms with Crippen molar-refractivity contribution in [1.29, 1.82) is 0 Å². The van der Waals surface area contributed by atoms with Crippen LogP contribution in [0, 0.1) is 0 Å². The van der Waals surface area contributed by atoms with E-state index in [1.54, 1.807) is 22.3 Å². The van der Waals surface area contributed by atoms with Crippen LogP contribution in [0.4, 0.5) is 0 Å². The van der Waals surface area contributed by atoms with Gasteiger partial charge < -0.3 is 0 Å². The molecule has 0 nitrogen and oxygen atoms in total. The van der Waals surface area contributed by atoms with Gasteiger partial charge in [0.2, 0.25) is 0 Å². The fourth-order valence-corrected chi connectivity index (χ4v) is 21.3. The molecule has 0 heterocycles. The summed E-state index contributed by atoms with van der Waals surface area (Å²) in [5.74, 6) is 0. The molecule has 0 amide bonds. The number of hydrogen-bond donors (Lipinski definition) is 0. The zero-order valence-corrected chi connectivity index (χ0v) is 26.2. The topological polar surface area (TPSA) is 0 Å². The van der Waals surface area contributed by atoms with Crippen molar-refractivity contribution in [2.24, 2.45) is 0 Å². The first-order valence-electron chi connectivity index (χ1n) is 14.4. The van der Waals surface area contributed by atoms with Gasteiger partial charge in [0.25, 0.3) is 0 Å². The van der Waals surface area contributed by atoms with Gasteiger partial charge in [-0.3, -0.25) is 0 Å². The molecular weight excluding hydrogens is 496 g/mol. The van der Waals surface area contributed by atoms with Crippen LogP contribution in [0.1, 0.15) is 63.1 Å². The van der Waals surface area contributed by atoms with Crippen molar-refractivity contribution in [1.82, 2.24) is 0 Å². The zero-order valence-electron chi connectivity index (χ0n) is 23.2. The Morgan fingerprint density at radius 2 is 1.14 bits per heavy atom. The molecule has 0 N–H and O–H groups in total. The number of rotatable bonds is 9. The van der Waals surface area contributed by atoms with Gasteiger partial charge in [-0.1, -0.05) is 0 Å². The summed E-state index contributed by atoms with van der Waals surface area (Å²) in [6, 6.07) is 36.1. The van der Waals surface area contributed by atoms with E-state index in [1.165, 1.54) is 45.9 Å². The third-order valence-electron chi connectivity index (χ3n) is 8.99. The molecule has 0 saturated carbocycles. The van der Waals surface area contributed by atoms with Crippen LogP contribution in [0.5, 0.6) is 0 Å². The first-order valence-corrected chi connectivity index (χ1v) is 20.2. The number of allylic oxidation sites excluding steroid dienone is 4. The first kappa shape index (κ1) is 26.7. The maximum atomic E-state index is 2.82. The summed E-state index contributed by atoms with van der Waals surface area (Å²) >= 11 is -2.80. The van der Waals surface area contributed by atoms with E-state index in [0.717, 1.165) is 0 Å². The Morgan fingerprint density at radius 1 is 0.676 bits per heavy atom. The molecule has 37 heavy (non-hydrogen) atoms. The quantitative estimate of drug-likeness (QED) is 0.237. The van der Waals surface area contributed by atoms with Gasteiger partial charge in [0.15, 0.2) is 0 Å². The molecule has 0 bridgehead atoms. The van der Waals surface area contributed by atoms with E-state index in [9.17, 15) is 0 Å². The summed E-state index contributed by atoms with van der Waals surface area (Å²) in [7, 11) is -0.270. The molecule has 3 aromatic carbocycles. The minimum absolute atomic E-state index is 0.270. The summed E-state index contributed by atoms with van der Waals surface area (Å²) in [4.78, 5) is 0. The van der Waals surface area contributed by atoms with Gasteiger partial charge in [0.1, 0.15) is 0 Å². The van der Waals surface area contributed by atoms with Gasteiger partial charge in [0.05, 0.1) is 0 Å². The fourth-order valence-electron chi connectivity index (χ4n) is 7.15. The molecule has 5 rings (SSSR count). The van der Waals surface area contributed by atoms with Crippen LogP contribution in [0.15, 0.2) is 114 Å². The fraction of sp³-hybridized carbons (Fsp3) is 0.371. The molecule has 2 aliphatic carbocycles. The van der Waals surface area contributed by atoms with Crippen LogP contribution >= 0.6 is 0 Å². The van der Waals surface area contributed by atoms with E-state index in [0.29, 0.717) is 8.76 Å². The van der Waals surface area contributed by atoms with E-state index >= 15 is 0 Å². The second-order valence-corrected chi connectivity index (χ2v) is 23.0. The zero-order chi connectivity index (χ0) is 25.8. The van der Waals surface area contributed by atoms with Crippen LogP contribution < -0.4 is 0 Å². The molecule has 1 unspecified atom stereocenters. The van der Waals surface area contributed by atoms with Gasteiger partial charge >= 0.3 is 233 Å². The Morgan fingerprint density at radius 3 is 1.59 bits per heavy atom. The molecule has 3 aromatic rings. The van der Waals surface area contributed by atoms with Crippen molar-refractivity contribution in [3.63, 3.8) is 0 Å². The molecule has 1 atom stereocenters. The molecule has 0 fully saturated rings. The van der Waals surface area contributed by atoms with Crippen molar-refractivity contribution in [3.05, 3.63) is 131 Å². The van der Waals surface area contributed by atoms with E-state index in [-0.39, 0.29) is 9.52 Å². The van der Waals surface area contributed by atoms with Gasteiger partial charge in [0, 0.05) is 0 Å². The van der Waals surface area contributed by atoms with Crippen LogP contribution in [0.25, 0.3) is 0 Å². The molecule has 192 valence electrons. The van der Waals surface area contributed by atoms with Crippen LogP contribution in [0.2, 0.25) is 14.8 Å². The van der Waals surface area contributed by atoms with Crippen LogP contribution in [-0.2, 0) is 30.8 Å². The Hall–Kier alpha value is -1.93. The van der Waals surface area contributed by atoms with Crippen LogP contribution in [0.3, 0.4) is 0 Å². The standard InChI is InChI=1S/C14H23Si.3C7H7.Ti/c1-14(2,3)15-10-12-9-8-11-6-4-5-7-13(11)12;3*1-7-5-3-2-4-6-7;/h8-9H,4-7,10,15H2,1-3H3;3*2-6H,1H2;. The predicted octanol–water partition coefficient (Wildman–Crippen LogP) is 9.15. The second kappa shape index (κ2) is 11.4. The van der Waals surface area contributed by atoms with Crippen molar-refractivity contribution in [2.75, 3.05) is 0 Å². The van der Waals surface area contributed by atoms with Crippen molar-refractivity contribution < 1.29 is 16.6 Å². The van der Waals surface area contributed by atoms with Gasteiger partial charge in [-0.05, 0) is 0 Å². The molecule has 0 radical (unpaired) electrons. The maximum absolute atomic E-state index is 2.82. The van der Waals surface area contributed by atoms with Gasteiger partial charge in [-0.15, -0.1) is 0 Å². The summed E-state index contributed by atoms with van der Waals surface area (Å²) in [5.41, 5.74) is 8.29. The van der Waals surface area contributed by atoms with Crippen molar-refractivity contribution in [3.8, 4) is 0 Å². The van der Waals surface area contributed by atoms with Crippen molar-refractivity contribution in [2.45, 2.75) is 75.4 Å². The average Bonchev–Trinajstić information content (AvgIpc) is 3.29. The molecule has 0 spiro atoms. The minimum atomic E-state index is -2.80. The molecular formula is C35H44SiTi. The molecule has 0 aliphatic heterocycles. The van der Waals surface area contributed by atoms with Crippen LogP contribution in [-0.4, -0.2) is 9.52 Å². The Bertz CT molecular complexity index is 1120. The average molecular weight is 541 g/mol. The summed E-state index contributed by atoms with van der Waals surface area (Å²) in [6.45, 7) is 7.51. The van der Waals surface area contributed by atoms with Gasteiger partial charge in [-0.2, -0.15) is 0 Å². The predicted molar refractivity (Wildman–Crippen MR) is 161 cm³/mol. The normalized spacial score (nSPS) is 20.1. The van der Waals surface area contributed by atoms with E-state index in [1.807, 2.05) is 5.57 Å². The summed E-state index contributed by atoms with van der Waals surface area (Å²) < 4.78 is 4.20. The Labute approximate surface area is 231 Å². The second-order valence-electron chi connectivity index (χ2n) is 12.8. The molecule has 0 saturated heterocycles. The summed E-state index contributed by atoms with van der Waals surface area (Å²) in [5, 5.41) is 0.471. The van der Waals surface area contributed by atoms with Crippen molar-refractivity contribution >= 4 is 9.52 Å². The third kappa shape index (κ3) is 6.06. The number of benzene rings is 3. The molecule has 2 heteroatoms. The van der Waals surface area contributed by atoms with E-state index in [2.05, 4.69) is 124 Å². The van der Waals surface area contributed by atoms with E-state index in [4.69, 9.17) is 0 Å². The number of hydrogen-bond acceptors (Lipinski definition) is 0. The third-order valence-corrected chi connectivity index (χ3v) is 21.5. The molecule has 2 aliphatic rings. The van der Waals surface area contributed by atoms with Gasteiger partial charge in [-0.25, -0.2) is 0 Å². The first-order chi connectivity index (χ1) is 17.9. The SMILES string of the molecule is CC(C)(C)[SiH2]C[C]1([Ti]([CH2]c2ccccc2)([CH2]c2ccccc2)[CH2]c2ccccc2)C=CC2=C1CCCC2. The Kier molecular flexibility index (Phi) is 8.25. The van der Waals surface area contributed by atoms with E-state index < -0.39 is 16.6 Å². The summed E-state index contributed by atoms with van der Waals surface area (Å²) in [6.07, 6.45) is 10.8. The monoisotopic (exact) mass is 540 g/mol.